The van der Waals surface area contributed by atoms with E-state index in [0.717, 1.165) is 48.2 Å². The lowest BCUT2D eigenvalue weighted by Crippen LogP contribution is -2.15. The lowest BCUT2D eigenvalue weighted by molar-refractivity contribution is -0.145. The van der Waals surface area contributed by atoms with Gasteiger partial charge in [0.2, 0.25) is 11.9 Å². The first-order valence-corrected chi connectivity index (χ1v) is 16.6. The van der Waals surface area contributed by atoms with Crippen molar-refractivity contribution in [1.82, 2.24) is 15.0 Å². The number of carbonyl (C=O) groups is 6. The van der Waals surface area contributed by atoms with Crippen molar-refractivity contribution in [3.63, 3.8) is 0 Å². The van der Waals surface area contributed by atoms with Gasteiger partial charge in [0, 0.05) is 17.8 Å². The molecule has 17 heteroatoms. The molecule has 1 aromatic heterocycles. The quantitative estimate of drug-likeness (QED) is 0.0569. The van der Waals surface area contributed by atoms with Gasteiger partial charge in [-0.15, -0.1) is 0 Å². The maximum atomic E-state index is 12.1. The lowest BCUT2D eigenvalue weighted by atomic mass is 10.1. The predicted octanol–water partition coefficient (Wildman–Crippen LogP) is 4.14. The Labute approximate surface area is 326 Å². The Hall–Kier alpha value is -7.69. The molecule has 2 N–H and O–H groups in total. The smallest absolute Gasteiger partial charge is 0.345 e. The summed E-state index contributed by atoms with van der Waals surface area (Å²) in [6, 6.07) is 20.3. The zero-order valence-corrected chi connectivity index (χ0v) is 31.6. The Morgan fingerprint density at radius 1 is 0.439 bits per heavy atom. The zero-order chi connectivity index (χ0) is 41.5. The first-order valence-electron chi connectivity index (χ1n) is 16.6. The average molecular weight is 780 g/mol. The SMILES string of the molecule is COC(=O)C(=Cc1ccc(Cc2nc(Nc3ccc(C=C(C(=O)OC)C(=O)OC)cc3)nc(Nc3ccc(C=C(C(=O)OC)C(=O)OC)cc3)n2)cc1)C(=O)OC. The molecule has 4 rings (SSSR count). The second-order valence-corrected chi connectivity index (χ2v) is 11.4. The molecule has 0 amide bonds. The van der Waals surface area contributed by atoms with E-state index in [0.29, 0.717) is 33.9 Å². The van der Waals surface area contributed by atoms with Crippen LogP contribution in [-0.2, 0) is 63.6 Å². The van der Waals surface area contributed by atoms with Gasteiger partial charge < -0.3 is 39.1 Å². The largest absolute Gasteiger partial charge is 0.465 e. The van der Waals surface area contributed by atoms with E-state index in [1.807, 2.05) is 0 Å². The Kier molecular flexibility index (Phi) is 14.8. The highest BCUT2D eigenvalue weighted by molar-refractivity contribution is 6.19. The summed E-state index contributed by atoms with van der Waals surface area (Å²) in [6.45, 7) is 0. The van der Waals surface area contributed by atoms with E-state index in [1.165, 1.54) is 18.2 Å². The molecule has 1 heterocycles. The second-order valence-electron chi connectivity index (χ2n) is 11.4. The molecule has 0 aliphatic rings. The number of benzene rings is 3. The fourth-order valence-electron chi connectivity index (χ4n) is 4.87. The van der Waals surface area contributed by atoms with E-state index in [-0.39, 0.29) is 35.0 Å². The number of aromatic nitrogens is 3. The van der Waals surface area contributed by atoms with Gasteiger partial charge in [-0.2, -0.15) is 15.0 Å². The van der Waals surface area contributed by atoms with Crippen LogP contribution in [0.2, 0.25) is 0 Å². The molecule has 0 bridgehead atoms. The third-order valence-corrected chi connectivity index (χ3v) is 7.72. The molecular weight excluding hydrogens is 742 g/mol. The van der Waals surface area contributed by atoms with Gasteiger partial charge in [-0.3, -0.25) is 0 Å². The summed E-state index contributed by atoms with van der Waals surface area (Å²) in [5.41, 5.74) is 2.60. The minimum atomic E-state index is -0.849. The highest BCUT2D eigenvalue weighted by atomic mass is 16.6. The Balaban J connectivity index is 1.66. The highest BCUT2D eigenvalue weighted by Crippen LogP contribution is 2.22. The number of anilines is 4. The van der Waals surface area contributed by atoms with Gasteiger partial charge in [-0.05, 0) is 64.7 Å². The van der Waals surface area contributed by atoms with Crippen LogP contribution in [0.3, 0.4) is 0 Å². The molecule has 3 aromatic carbocycles. The minimum Gasteiger partial charge on any atom is -0.465 e. The predicted molar refractivity (Wildman–Crippen MR) is 205 cm³/mol. The van der Waals surface area contributed by atoms with Crippen molar-refractivity contribution in [2.45, 2.75) is 6.42 Å². The van der Waals surface area contributed by atoms with Gasteiger partial charge in [0.05, 0.1) is 42.7 Å². The number of rotatable bonds is 15. The molecule has 17 nitrogen and oxygen atoms in total. The van der Waals surface area contributed by atoms with Crippen LogP contribution >= 0.6 is 0 Å². The number of nitrogens with one attached hydrogen (secondary N) is 2. The molecule has 0 fully saturated rings. The zero-order valence-electron chi connectivity index (χ0n) is 31.6. The molecule has 57 heavy (non-hydrogen) atoms. The van der Waals surface area contributed by atoms with Gasteiger partial charge in [0.15, 0.2) is 0 Å². The Morgan fingerprint density at radius 2 is 0.719 bits per heavy atom. The number of nitrogens with zero attached hydrogens (tertiary/aromatic N) is 3. The molecule has 0 aliphatic carbocycles. The van der Waals surface area contributed by atoms with Crippen molar-refractivity contribution in [2.75, 3.05) is 53.3 Å². The number of ether oxygens (including phenoxy) is 6. The van der Waals surface area contributed by atoms with Gasteiger partial charge in [-0.25, -0.2) is 28.8 Å². The Morgan fingerprint density at radius 3 is 1.00 bits per heavy atom. The number of esters is 6. The third-order valence-electron chi connectivity index (χ3n) is 7.72. The number of hydrogen-bond donors (Lipinski definition) is 2. The van der Waals surface area contributed by atoms with E-state index < -0.39 is 35.8 Å². The monoisotopic (exact) mass is 779 g/mol. The lowest BCUT2D eigenvalue weighted by Gasteiger charge is -2.11. The highest BCUT2D eigenvalue weighted by Gasteiger charge is 2.22. The summed E-state index contributed by atoms with van der Waals surface area (Å²) < 4.78 is 28.2. The van der Waals surface area contributed by atoms with E-state index in [1.54, 1.807) is 72.8 Å². The normalized spacial score (nSPS) is 10.1. The van der Waals surface area contributed by atoms with Crippen LogP contribution in [0.15, 0.2) is 89.5 Å². The molecule has 0 radical (unpaired) electrons. The van der Waals surface area contributed by atoms with Crippen LogP contribution in [0.5, 0.6) is 0 Å². The van der Waals surface area contributed by atoms with Crippen LogP contribution in [0, 0.1) is 0 Å². The first kappa shape index (κ1) is 42.1. The van der Waals surface area contributed by atoms with Gasteiger partial charge in [-0.1, -0.05) is 48.5 Å². The van der Waals surface area contributed by atoms with Gasteiger partial charge in [0.25, 0.3) is 0 Å². The summed E-state index contributed by atoms with van der Waals surface area (Å²) in [4.78, 5) is 86.4. The average Bonchev–Trinajstić information content (AvgIpc) is 3.23. The summed E-state index contributed by atoms with van der Waals surface area (Å²) in [7, 11) is 6.94. The van der Waals surface area contributed by atoms with E-state index in [2.05, 4.69) is 44.5 Å². The second kappa shape index (κ2) is 20.1. The van der Waals surface area contributed by atoms with Crippen LogP contribution in [0.4, 0.5) is 23.3 Å². The topological polar surface area (TPSA) is 221 Å². The van der Waals surface area contributed by atoms with Crippen LogP contribution in [0.25, 0.3) is 18.2 Å². The summed E-state index contributed by atoms with van der Waals surface area (Å²) in [5, 5.41) is 6.27. The summed E-state index contributed by atoms with van der Waals surface area (Å²) in [5.74, 6) is -4.40. The molecule has 0 saturated carbocycles. The van der Waals surface area contributed by atoms with Crippen molar-refractivity contribution in [3.05, 3.63) is 118 Å². The molecule has 0 aliphatic heterocycles. The van der Waals surface area contributed by atoms with E-state index in [4.69, 9.17) is 9.47 Å². The molecule has 0 unspecified atom stereocenters. The van der Waals surface area contributed by atoms with Crippen molar-refractivity contribution >= 4 is 77.3 Å². The molecule has 0 saturated heterocycles. The van der Waals surface area contributed by atoms with Crippen molar-refractivity contribution in [2.24, 2.45) is 0 Å². The first-order chi connectivity index (χ1) is 27.4. The van der Waals surface area contributed by atoms with Crippen LogP contribution < -0.4 is 10.6 Å². The number of methoxy groups -OCH3 is 6. The molecule has 0 atom stereocenters. The molecule has 294 valence electrons. The van der Waals surface area contributed by atoms with Crippen LogP contribution in [0.1, 0.15) is 28.1 Å². The van der Waals surface area contributed by atoms with E-state index >= 15 is 0 Å². The number of hydrogen-bond acceptors (Lipinski definition) is 17. The fourth-order valence-corrected chi connectivity index (χ4v) is 4.87. The fraction of sp³-hybridized carbons (Fsp3) is 0.175. The molecular formula is C40H37N5O12. The molecule has 4 aromatic rings. The summed E-state index contributed by atoms with van der Waals surface area (Å²) in [6.07, 6.45) is 4.26. The van der Waals surface area contributed by atoms with Crippen molar-refractivity contribution < 1.29 is 57.2 Å². The third kappa shape index (κ3) is 11.6. The maximum Gasteiger partial charge on any atom is 0.345 e. The van der Waals surface area contributed by atoms with Gasteiger partial charge in [0.1, 0.15) is 22.5 Å². The molecule has 0 spiro atoms. The Bertz CT molecular complexity index is 1910. The number of carbonyl (C=O) groups excluding carboxylic acids is 6. The summed E-state index contributed by atoms with van der Waals surface area (Å²) >= 11 is 0. The van der Waals surface area contributed by atoms with Gasteiger partial charge >= 0.3 is 35.8 Å². The minimum absolute atomic E-state index is 0.163. The van der Waals surface area contributed by atoms with Crippen molar-refractivity contribution in [3.8, 4) is 0 Å². The van der Waals surface area contributed by atoms with E-state index in [9.17, 15) is 28.8 Å². The van der Waals surface area contributed by atoms with Crippen molar-refractivity contribution in [1.29, 1.82) is 0 Å². The maximum absolute atomic E-state index is 12.1. The van der Waals surface area contributed by atoms with Crippen LogP contribution in [-0.4, -0.2) is 93.4 Å². The standard InChI is InChI=1S/C40H37N5O12/c1-52-33(46)29(34(47)53-2)19-23-7-9-26(10-8-23)22-32-43-39(41-27-15-11-24(12-16-27)20-30(35(48)54-3)36(49)55-4)45-40(44-32)42-28-17-13-25(14-18-28)21-31(37(50)56-5)38(51)57-6/h7-21H,22H2,1-6H3,(H2,41,42,43,44,45).